The van der Waals surface area contributed by atoms with Crippen LogP contribution in [0.3, 0.4) is 0 Å². The van der Waals surface area contributed by atoms with Crippen LogP contribution in [0.5, 0.6) is 0 Å². The van der Waals surface area contributed by atoms with Gasteiger partial charge in [-0.2, -0.15) is 0 Å². The van der Waals surface area contributed by atoms with E-state index in [1.54, 1.807) is 0 Å². The summed E-state index contributed by atoms with van der Waals surface area (Å²) in [6.45, 7) is 0. The zero-order chi connectivity index (χ0) is 54.3. The van der Waals surface area contributed by atoms with Crippen LogP contribution in [-0.2, 0) is 0 Å². The molecule has 0 aliphatic heterocycles. The Labute approximate surface area is 481 Å². The number of rotatable bonds is 7. The largest absolute Gasteiger partial charge is 0.309 e. The topological polar surface area (TPSA) is 19.7 Å². The van der Waals surface area contributed by atoms with Gasteiger partial charge in [-0.05, 0) is 137 Å². The fourth-order valence-corrected chi connectivity index (χ4v) is 14.9. The minimum Gasteiger partial charge on any atom is -0.309 e. The maximum absolute atomic E-state index is 2.49. The molecule has 5 heteroatoms. The van der Waals surface area contributed by atoms with E-state index >= 15 is 0 Å². The zero-order valence-corrected chi connectivity index (χ0v) is 45.7. The van der Waals surface area contributed by atoms with Crippen molar-refractivity contribution in [2.75, 3.05) is 0 Å². The number of para-hydroxylation sites is 4. The number of hydrogen-bond acceptors (Lipinski definition) is 1. The molecule has 5 aromatic heterocycles. The van der Waals surface area contributed by atoms with E-state index in [1.807, 2.05) is 11.3 Å². The Morgan fingerprint density at radius 2 is 0.578 bits per heavy atom. The third kappa shape index (κ3) is 6.86. The second-order valence-corrected chi connectivity index (χ2v) is 23.1. The van der Waals surface area contributed by atoms with Crippen molar-refractivity contribution >= 4 is 119 Å². The first-order valence-electron chi connectivity index (χ1n) is 28.5. The Morgan fingerprint density at radius 1 is 0.193 bits per heavy atom. The number of benzene rings is 13. The first-order valence-corrected chi connectivity index (χ1v) is 29.3. The average molecular weight is 1070 g/mol. The monoisotopic (exact) mass is 1070 g/mol. The molecule has 18 rings (SSSR count). The van der Waals surface area contributed by atoms with Crippen LogP contribution in [0.15, 0.2) is 291 Å². The first kappa shape index (κ1) is 46.1. The summed E-state index contributed by atoms with van der Waals surface area (Å²) in [4.78, 5) is 0. The molecule has 5 heterocycles. The van der Waals surface area contributed by atoms with Gasteiger partial charge in [-0.25, -0.2) is 0 Å². The molecular weight excluding hydrogens is 1020 g/mol. The quantitative estimate of drug-likeness (QED) is 0.152. The Kier molecular flexibility index (Phi) is 9.93. The van der Waals surface area contributed by atoms with Gasteiger partial charge in [0.05, 0.1) is 44.1 Å². The molecule has 0 radical (unpaired) electrons. The summed E-state index contributed by atoms with van der Waals surface area (Å²) in [5.74, 6) is 0. The summed E-state index contributed by atoms with van der Waals surface area (Å²) in [7, 11) is 0. The van der Waals surface area contributed by atoms with E-state index in [-0.39, 0.29) is 0 Å². The second kappa shape index (κ2) is 17.9. The van der Waals surface area contributed by atoms with E-state index in [4.69, 9.17) is 0 Å². The van der Waals surface area contributed by atoms with Crippen molar-refractivity contribution in [1.82, 2.24) is 18.3 Å². The molecule has 0 fully saturated rings. The van der Waals surface area contributed by atoms with Crippen LogP contribution in [0.25, 0.3) is 164 Å². The molecule has 4 nitrogen and oxygen atoms in total. The van der Waals surface area contributed by atoms with Gasteiger partial charge < -0.3 is 18.3 Å². The Bertz CT molecular complexity index is 5640. The van der Waals surface area contributed by atoms with Gasteiger partial charge in [-0.15, -0.1) is 11.3 Å². The molecular formula is C78H48N4S. The van der Waals surface area contributed by atoms with E-state index in [0.29, 0.717) is 0 Å². The van der Waals surface area contributed by atoms with Gasteiger partial charge >= 0.3 is 0 Å². The highest BCUT2D eigenvalue weighted by Crippen LogP contribution is 2.46. The van der Waals surface area contributed by atoms with Gasteiger partial charge in [0.25, 0.3) is 0 Å². The summed E-state index contributed by atoms with van der Waals surface area (Å²) < 4.78 is 12.5. The van der Waals surface area contributed by atoms with E-state index in [0.717, 1.165) is 17.1 Å². The van der Waals surface area contributed by atoms with Crippen LogP contribution in [-0.4, -0.2) is 18.3 Å². The molecule has 83 heavy (non-hydrogen) atoms. The molecule has 0 bridgehead atoms. The summed E-state index contributed by atoms with van der Waals surface area (Å²) in [6, 6.07) is 108. The summed E-state index contributed by atoms with van der Waals surface area (Å²) in [5, 5.41) is 12.6. The summed E-state index contributed by atoms with van der Waals surface area (Å²) in [6.07, 6.45) is 0. The minimum absolute atomic E-state index is 1.13. The number of fused-ring (bicyclic) bond motifs is 17. The van der Waals surface area contributed by atoms with Crippen molar-refractivity contribution in [2.45, 2.75) is 0 Å². The van der Waals surface area contributed by atoms with Crippen molar-refractivity contribution < 1.29 is 0 Å². The van der Waals surface area contributed by atoms with Gasteiger partial charge in [0.15, 0.2) is 0 Å². The molecule has 13 aromatic carbocycles. The molecule has 0 saturated carbocycles. The van der Waals surface area contributed by atoms with E-state index < -0.39 is 0 Å². The fraction of sp³-hybridized carbons (Fsp3) is 0. The standard InChI is InChI=1S/C78H48N4S/c1-3-15-49(16-4-1)51-33-38-57(39-34-51)82-70-43-35-54(47-65(70)62-42-41-61-59-19-7-11-23-67(59)81(77(61)78(62)82)55-17-5-2-6-18-55)53-29-27-50(28-30-53)52-31-36-56(37-32-52)79-68-24-12-8-21-63(68)75-71(79)44-45-72-76(75)64-22-9-13-25-69(64)80(72)58-40-46-74-66(48-58)60-20-10-14-26-73(60)83-74/h1-48H. The molecule has 0 N–H and O–H groups in total. The fourth-order valence-electron chi connectivity index (χ4n) is 13.9. The van der Waals surface area contributed by atoms with Crippen LogP contribution in [0, 0.1) is 0 Å². The lowest BCUT2D eigenvalue weighted by molar-refractivity contribution is 1.15. The maximum Gasteiger partial charge on any atom is 0.0788 e. The van der Waals surface area contributed by atoms with E-state index in [2.05, 4.69) is 309 Å². The highest BCUT2D eigenvalue weighted by molar-refractivity contribution is 7.25. The van der Waals surface area contributed by atoms with Crippen molar-refractivity contribution in [2.24, 2.45) is 0 Å². The maximum atomic E-state index is 2.49. The smallest absolute Gasteiger partial charge is 0.0788 e. The third-order valence-electron chi connectivity index (χ3n) is 17.6. The van der Waals surface area contributed by atoms with Gasteiger partial charge in [0.1, 0.15) is 0 Å². The lowest BCUT2D eigenvalue weighted by Crippen LogP contribution is -1.98. The Hall–Kier alpha value is -10.7. The van der Waals surface area contributed by atoms with Crippen LogP contribution in [0.2, 0.25) is 0 Å². The van der Waals surface area contributed by atoms with E-state index in [1.165, 1.54) is 146 Å². The van der Waals surface area contributed by atoms with Crippen LogP contribution < -0.4 is 0 Å². The molecule has 0 aliphatic rings. The molecule has 0 amide bonds. The van der Waals surface area contributed by atoms with Gasteiger partial charge in [0.2, 0.25) is 0 Å². The number of hydrogen-bond donors (Lipinski definition) is 0. The van der Waals surface area contributed by atoms with Gasteiger partial charge in [0, 0.05) is 86.0 Å². The molecule has 0 spiro atoms. The second-order valence-electron chi connectivity index (χ2n) is 22.0. The molecule has 0 saturated heterocycles. The minimum atomic E-state index is 1.13. The normalized spacial score (nSPS) is 12.1. The summed E-state index contributed by atoms with van der Waals surface area (Å²) in [5.41, 5.74) is 21.3. The van der Waals surface area contributed by atoms with Crippen molar-refractivity contribution in [3.8, 4) is 56.1 Å². The lowest BCUT2D eigenvalue weighted by atomic mass is 9.98. The van der Waals surface area contributed by atoms with Gasteiger partial charge in [-0.3, -0.25) is 0 Å². The van der Waals surface area contributed by atoms with Crippen LogP contribution in [0.4, 0.5) is 0 Å². The van der Waals surface area contributed by atoms with Crippen LogP contribution >= 0.6 is 11.3 Å². The highest BCUT2D eigenvalue weighted by Gasteiger charge is 2.24. The van der Waals surface area contributed by atoms with Gasteiger partial charge in [-0.1, -0.05) is 188 Å². The highest BCUT2D eigenvalue weighted by atomic mass is 32.1. The molecule has 18 aromatic rings. The van der Waals surface area contributed by atoms with Crippen molar-refractivity contribution in [1.29, 1.82) is 0 Å². The predicted molar refractivity (Wildman–Crippen MR) is 353 cm³/mol. The molecule has 0 atom stereocenters. The molecule has 0 aliphatic carbocycles. The van der Waals surface area contributed by atoms with Crippen molar-refractivity contribution in [3.05, 3.63) is 291 Å². The molecule has 386 valence electrons. The van der Waals surface area contributed by atoms with Crippen LogP contribution in [0.1, 0.15) is 0 Å². The van der Waals surface area contributed by atoms with Crippen molar-refractivity contribution in [3.63, 3.8) is 0 Å². The zero-order valence-electron chi connectivity index (χ0n) is 44.9. The first-order chi connectivity index (χ1) is 41.2. The lowest BCUT2D eigenvalue weighted by Gasteiger charge is -2.13. The average Bonchev–Trinajstić information content (AvgIpc) is 3.70. The third-order valence-corrected chi connectivity index (χ3v) is 18.7. The number of aromatic nitrogens is 4. The number of nitrogens with zero attached hydrogens (tertiary/aromatic N) is 4. The molecule has 0 unspecified atom stereocenters. The predicted octanol–water partition coefficient (Wildman–Crippen LogP) is 21.4. The number of thiophene rings is 1. The Morgan fingerprint density at radius 3 is 1.19 bits per heavy atom. The SMILES string of the molecule is c1ccc(-c2ccc(-n3c4ccc(-c5ccc(-c6ccc(-n7c8ccccc8c8c9c%10ccccc%10n(-c%10ccc%11sc%12ccccc%12c%11c%10)c9ccc87)cc6)cc5)cc4c4ccc5c6ccccc6n(-c6ccccc6)c5c43)cc2)cc1. The van der Waals surface area contributed by atoms with E-state index in [9.17, 15) is 0 Å². The Balaban J connectivity index is 0.733. The summed E-state index contributed by atoms with van der Waals surface area (Å²) >= 11 is 1.86.